The van der Waals surface area contributed by atoms with Gasteiger partial charge in [-0.15, -0.1) is 0 Å². The minimum Gasteiger partial charge on any atom is -0.379 e. The first-order valence-corrected chi connectivity index (χ1v) is 6.67. The highest BCUT2D eigenvalue weighted by molar-refractivity contribution is 8.14. The third-order valence-electron chi connectivity index (χ3n) is 3.02. The molecule has 0 aliphatic carbocycles. The summed E-state index contributed by atoms with van der Waals surface area (Å²) in [5, 5.41) is 5.35. The molecule has 2 aliphatic rings. The molecule has 2 aliphatic heterocycles. The largest absolute Gasteiger partial charge is 0.379 e. The van der Waals surface area contributed by atoms with Gasteiger partial charge in [0.2, 0.25) is 0 Å². The minimum absolute atomic E-state index is 0.104. The van der Waals surface area contributed by atoms with Gasteiger partial charge in [-0.1, -0.05) is 18.7 Å². The van der Waals surface area contributed by atoms with E-state index in [0.29, 0.717) is 5.25 Å². The van der Waals surface area contributed by atoms with E-state index >= 15 is 0 Å². The van der Waals surface area contributed by atoms with Crippen LogP contribution in [0.2, 0.25) is 0 Å². The van der Waals surface area contributed by atoms with Crippen LogP contribution in [0.1, 0.15) is 33.1 Å². The maximum Gasteiger partial charge on any atom is 0.157 e. The van der Waals surface area contributed by atoms with Crippen molar-refractivity contribution >= 4 is 16.9 Å². The zero-order valence-corrected chi connectivity index (χ0v) is 10.4. The summed E-state index contributed by atoms with van der Waals surface area (Å²) in [6, 6.07) is 0. The molecule has 2 rings (SSSR count). The van der Waals surface area contributed by atoms with E-state index < -0.39 is 0 Å². The lowest BCUT2D eigenvalue weighted by Crippen LogP contribution is -2.50. The molecule has 4 heteroatoms. The van der Waals surface area contributed by atoms with Crippen molar-refractivity contribution in [3.05, 3.63) is 0 Å². The van der Waals surface area contributed by atoms with Crippen molar-refractivity contribution in [2.45, 2.75) is 43.9 Å². The summed E-state index contributed by atoms with van der Waals surface area (Å²) < 4.78 is 5.52. The smallest absolute Gasteiger partial charge is 0.157 e. The van der Waals surface area contributed by atoms with E-state index in [9.17, 15) is 0 Å². The van der Waals surface area contributed by atoms with Crippen LogP contribution in [0.5, 0.6) is 0 Å². The molecule has 0 saturated carbocycles. The highest BCUT2D eigenvalue weighted by atomic mass is 32.2. The molecule has 0 radical (unpaired) electrons. The molecule has 86 valence electrons. The molecule has 1 fully saturated rings. The highest BCUT2D eigenvalue weighted by Crippen LogP contribution is 2.26. The van der Waals surface area contributed by atoms with Gasteiger partial charge in [0, 0.05) is 11.9 Å². The Kier molecular flexibility index (Phi) is 3.57. The maximum absolute atomic E-state index is 5.52. The van der Waals surface area contributed by atoms with E-state index in [-0.39, 0.29) is 5.54 Å². The molecule has 15 heavy (non-hydrogen) atoms. The van der Waals surface area contributed by atoms with Crippen LogP contribution in [0.25, 0.3) is 0 Å². The zero-order valence-electron chi connectivity index (χ0n) is 9.58. The van der Waals surface area contributed by atoms with E-state index in [0.717, 1.165) is 31.3 Å². The second-order valence-corrected chi connectivity index (χ2v) is 5.92. The minimum atomic E-state index is 0.104. The van der Waals surface area contributed by atoms with Crippen molar-refractivity contribution in [3.63, 3.8) is 0 Å². The second kappa shape index (κ2) is 4.74. The monoisotopic (exact) mass is 228 g/mol. The van der Waals surface area contributed by atoms with E-state index in [4.69, 9.17) is 4.74 Å². The normalized spacial score (nSPS) is 36.4. The number of hydrogen-bond acceptors (Lipinski definition) is 4. The number of amidine groups is 1. The Balaban J connectivity index is 1.86. The summed E-state index contributed by atoms with van der Waals surface area (Å²) in [7, 11) is 0. The Morgan fingerprint density at radius 2 is 2.53 bits per heavy atom. The molecule has 0 aromatic carbocycles. The topological polar surface area (TPSA) is 33.6 Å². The van der Waals surface area contributed by atoms with Crippen LogP contribution in [0.3, 0.4) is 0 Å². The Bertz CT molecular complexity index is 249. The average molecular weight is 228 g/mol. The van der Waals surface area contributed by atoms with Gasteiger partial charge in [0.15, 0.2) is 5.17 Å². The molecular formula is C11H20N2OS. The van der Waals surface area contributed by atoms with E-state index in [1.165, 1.54) is 12.8 Å². The quantitative estimate of drug-likeness (QED) is 0.785. The summed E-state index contributed by atoms with van der Waals surface area (Å²) in [5.74, 6) is 0. The van der Waals surface area contributed by atoms with Gasteiger partial charge in [-0.2, -0.15) is 0 Å². The summed E-state index contributed by atoms with van der Waals surface area (Å²) in [4.78, 5) is 4.54. The molecule has 0 amide bonds. The van der Waals surface area contributed by atoms with Gasteiger partial charge in [-0.25, -0.2) is 0 Å². The van der Waals surface area contributed by atoms with Gasteiger partial charge >= 0.3 is 0 Å². The lowest BCUT2D eigenvalue weighted by Gasteiger charge is -2.34. The lowest BCUT2D eigenvalue weighted by molar-refractivity contribution is 0.0375. The van der Waals surface area contributed by atoms with Crippen LogP contribution in [-0.2, 0) is 4.74 Å². The van der Waals surface area contributed by atoms with Gasteiger partial charge in [-0.05, 0) is 26.2 Å². The van der Waals surface area contributed by atoms with Gasteiger partial charge in [0.1, 0.15) is 0 Å². The van der Waals surface area contributed by atoms with Crippen LogP contribution in [-0.4, -0.2) is 35.7 Å². The molecule has 0 bridgehead atoms. The molecule has 2 unspecified atom stereocenters. The van der Waals surface area contributed by atoms with Crippen molar-refractivity contribution < 1.29 is 4.74 Å². The number of thioether (sulfide) groups is 1. The first kappa shape index (κ1) is 11.3. The van der Waals surface area contributed by atoms with Gasteiger partial charge in [-0.3, -0.25) is 4.99 Å². The summed E-state index contributed by atoms with van der Waals surface area (Å²) in [6.07, 6.45) is 3.54. The summed E-state index contributed by atoms with van der Waals surface area (Å²) in [5.41, 5.74) is 0.104. The first-order valence-electron chi connectivity index (χ1n) is 5.79. The highest BCUT2D eigenvalue weighted by Gasteiger charge is 2.30. The Morgan fingerprint density at radius 1 is 1.67 bits per heavy atom. The number of rotatable bonds is 2. The molecule has 0 spiro atoms. The predicted octanol–water partition coefficient (Wildman–Crippen LogP) is 2.03. The predicted molar refractivity (Wildman–Crippen MR) is 65.6 cm³/mol. The third-order valence-corrected chi connectivity index (χ3v) is 4.29. The Labute approximate surface area is 96.1 Å². The number of ether oxygens (including phenoxy) is 1. The SMILES string of the molecule is CCC1CN=C(NC2(C)CCCOC2)S1. The zero-order chi connectivity index (χ0) is 10.7. The molecule has 0 aromatic heterocycles. The van der Waals surface area contributed by atoms with Crippen LogP contribution in [0.15, 0.2) is 4.99 Å². The summed E-state index contributed by atoms with van der Waals surface area (Å²) >= 11 is 1.89. The van der Waals surface area contributed by atoms with Crippen molar-refractivity contribution in [2.24, 2.45) is 4.99 Å². The van der Waals surface area contributed by atoms with Gasteiger partial charge in [0.25, 0.3) is 0 Å². The molecule has 1 N–H and O–H groups in total. The van der Waals surface area contributed by atoms with Crippen LogP contribution in [0.4, 0.5) is 0 Å². The molecule has 2 atom stereocenters. The van der Waals surface area contributed by atoms with Gasteiger partial charge < -0.3 is 10.1 Å². The molecule has 2 heterocycles. The van der Waals surface area contributed by atoms with Crippen molar-refractivity contribution in [2.75, 3.05) is 19.8 Å². The number of hydrogen-bond donors (Lipinski definition) is 1. The van der Waals surface area contributed by atoms with Crippen molar-refractivity contribution in [3.8, 4) is 0 Å². The fourth-order valence-electron chi connectivity index (χ4n) is 1.99. The Morgan fingerprint density at radius 3 is 3.13 bits per heavy atom. The van der Waals surface area contributed by atoms with Crippen LogP contribution >= 0.6 is 11.8 Å². The van der Waals surface area contributed by atoms with Gasteiger partial charge in [0.05, 0.1) is 18.7 Å². The second-order valence-electron chi connectivity index (χ2n) is 4.64. The number of nitrogens with zero attached hydrogens (tertiary/aromatic N) is 1. The van der Waals surface area contributed by atoms with Crippen LogP contribution < -0.4 is 5.32 Å². The number of nitrogens with one attached hydrogen (secondary N) is 1. The fraction of sp³-hybridized carbons (Fsp3) is 0.909. The van der Waals surface area contributed by atoms with E-state index in [1.54, 1.807) is 0 Å². The molecule has 3 nitrogen and oxygen atoms in total. The fourth-order valence-corrected chi connectivity index (χ4v) is 3.08. The first-order chi connectivity index (χ1) is 7.22. The van der Waals surface area contributed by atoms with Crippen LogP contribution in [0, 0.1) is 0 Å². The third kappa shape index (κ3) is 2.88. The number of aliphatic imine (C=N–C) groups is 1. The average Bonchev–Trinajstić information content (AvgIpc) is 2.66. The molecule has 1 saturated heterocycles. The maximum atomic E-state index is 5.52. The lowest BCUT2D eigenvalue weighted by atomic mass is 9.95. The van der Waals surface area contributed by atoms with Crippen molar-refractivity contribution in [1.82, 2.24) is 5.32 Å². The summed E-state index contributed by atoms with van der Waals surface area (Å²) in [6.45, 7) is 7.15. The molecular weight excluding hydrogens is 208 g/mol. The van der Waals surface area contributed by atoms with Crippen molar-refractivity contribution in [1.29, 1.82) is 0 Å². The standard InChI is InChI=1S/C11H20N2OS/c1-3-9-7-12-10(15-9)13-11(2)5-4-6-14-8-11/h9H,3-8H2,1-2H3,(H,12,13). The van der Waals surface area contributed by atoms with E-state index in [1.807, 2.05) is 11.8 Å². The van der Waals surface area contributed by atoms with E-state index in [2.05, 4.69) is 24.2 Å². The Hall–Kier alpha value is -0.220. The molecule has 0 aromatic rings.